The Morgan fingerprint density at radius 1 is 0.611 bits per heavy atom. The summed E-state index contributed by atoms with van der Waals surface area (Å²) in [5.41, 5.74) is 0.722. The minimum Gasteiger partial charge on any atom is -0.0625 e. The summed E-state index contributed by atoms with van der Waals surface area (Å²) < 4.78 is 0. The van der Waals surface area contributed by atoms with Crippen molar-refractivity contribution in [3.63, 3.8) is 0 Å². The van der Waals surface area contributed by atoms with Crippen molar-refractivity contribution in [2.24, 2.45) is 11.3 Å². The molecule has 3 aliphatic rings. The van der Waals surface area contributed by atoms with E-state index in [0.29, 0.717) is 0 Å². The van der Waals surface area contributed by atoms with Crippen LogP contribution in [0.4, 0.5) is 0 Å². The molecule has 0 N–H and O–H groups in total. The highest BCUT2D eigenvalue weighted by atomic mass is 14.3. The fourth-order valence-electron chi connectivity index (χ4n) is 3.07. The Bertz CT molecular complexity index is 165. The molecule has 0 heterocycles. The molecule has 3 rings (SSSR count). The predicted octanol–water partition coefficient (Wildman–Crippen LogP) is 6.73. The van der Waals surface area contributed by atoms with Crippen LogP contribution >= 0.6 is 0 Å². The summed E-state index contributed by atoms with van der Waals surface area (Å²) in [4.78, 5) is 0. The second-order valence-corrected chi connectivity index (χ2v) is 7.53. The molecule has 0 aromatic rings. The van der Waals surface area contributed by atoms with E-state index in [1.165, 1.54) is 83.5 Å². The van der Waals surface area contributed by atoms with Crippen LogP contribution in [0, 0.1) is 11.3 Å². The summed E-state index contributed by atoms with van der Waals surface area (Å²) in [6.45, 7) is 7.00. The van der Waals surface area contributed by atoms with E-state index >= 15 is 0 Å². The molecule has 0 unspecified atom stereocenters. The molecule has 0 radical (unpaired) electrons. The van der Waals surface area contributed by atoms with E-state index in [1.807, 2.05) is 0 Å². The Kier molecular flexibility index (Phi) is 8.02. The normalized spacial score (nSPS) is 26.2. The minimum atomic E-state index is 0.722. The monoisotopic (exact) mass is 252 g/mol. The van der Waals surface area contributed by atoms with Gasteiger partial charge < -0.3 is 0 Å². The van der Waals surface area contributed by atoms with Crippen LogP contribution in [0.2, 0.25) is 0 Å². The molecule has 0 atom stereocenters. The van der Waals surface area contributed by atoms with Crippen molar-refractivity contribution in [3.8, 4) is 0 Å². The molecule has 0 aromatic carbocycles. The molecule has 0 aromatic heterocycles. The Labute approximate surface area is 116 Å². The third-order valence-corrected chi connectivity index (χ3v) is 4.85. The molecular formula is C18H36. The zero-order valence-corrected chi connectivity index (χ0v) is 13.3. The van der Waals surface area contributed by atoms with Crippen molar-refractivity contribution in [2.45, 2.75) is 104 Å². The first kappa shape index (κ1) is 16.1. The maximum absolute atomic E-state index is 2.34. The van der Waals surface area contributed by atoms with Crippen LogP contribution in [-0.2, 0) is 0 Å². The van der Waals surface area contributed by atoms with E-state index in [9.17, 15) is 0 Å². The molecule has 0 amide bonds. The van der Waals surface area contributed by atoms with Crippen LogP contribution in [0.5, 0.6) is 0 Å². The predicted molar refractivity (Wildman–Crippen MR) is 83.0 cm³/mol. The third kappa shape index (κ3) is 8.16. The van der Waals surface area contributed by atoms with E-state index in [4.69, 9.17) is 0 Å². The van der Waals surface area contributed by atoms with Gasteiger partial charge in [-0.3, -0.25) is 0 Å². The summed E-state index contributed by atoms with van der Waals surface area (Å²) in [6.07, 6.45) is 19.3. The summed E-state index contributed by atoms with van der Waals surface area (Å²) in [5.74, 6) is 1.05. The lowest BCUT2D eigenvalue weighted by Gasteiger charge is -2.33. The topological polar surface area (TPSA) is 0 Å². The van der Waals surface area contributed by atoms with Crippen molar-refractivity contribution in [2.75, 3.05) is 0 Å². The Morgan fingerprint density at radius 2 is 0.944 bits per heavy atom. The van der Waals surface area contributed by atoms with Gasteiger partial charge in [-0.2, -0.15) is 0 Å². The molecule has 108 valence electrons. The first-order valence-electron chi connectivity index (χ1n) is 8.60. The average molecular weight is 252 g/mol. The van der Waals surface area contributed by atoms with Gasteiger partial charge in [-0.05, 0) is 24.2 Å². The lowest BCUT2D eigenvalue weighted by Crippen LogP contribution is -2.20. The molecule has 3 aliphatic carbocycles. The number of hydrogen-bond acceptors (Lipinski definition) is 0. The van der Waals surface area contributed by atoms with Crippen molar-refractivity contribution in [1.29, 1.82) is 0 Å². The molecule has 0 nitrogen and oxygen atoms in total. The van der Waals surface area contributed by atoms with E-state index in [-0.39, 0.29) is 0 Å². The number of hydrogen-bond donors (Lipinski definition) is 0. The molecule has 0 bridgehead atoms. The first-order valence-corrected chi connectivity index (χ1v) is 8.60. The molecular weight excluding hydrogens is 216 g/mol. The smallest absolute Gasteiger partial charge is 0.0354 e. The lowest BCUT2D eigenvalue weighted by atomic mass is 9.72. The molecule has 3 fully saturated rings. The van der Waals surface area contributed by atoms with Gasteiger partial charge in [0, 0.05) is 0 Å². The van der Waals surface area contributed by atoms with Crippen LogP contribution in [0.15, 0.2) is 0 Å². The van der Waals surface area contributed by atoms with Gasteiger partial charge in [0.1, 0.15) is 0 Å². The maximum Gasteiger partial charge on any atom is -0.0354 e. The maximum atomic E-state index is 2.34. The Morgan fingerprint density at radius 3 is 1.06 bits per heavy atom. The average Bonchev–Trinajstić information content (AvgIpc) is 2.82. The lowest BCUT2D eigenvalue weighted by molar-refractivity contribution is 0.190. The largest absolute Gasteiger partial charge is 0.0625 e. The third-order valence-electron chi connectivity index (χ3n) is 4.85. The fourth-order valence-corrected chi connectivity index (χ4v) is 3.07. The van der Waals surface area contributed by atoms with Gasteiger partial charge in [-0.1, -0.05) is 91.4 Å². The van der Waals surface area contributed by atoms with E-state index in [1.54, 1.807) is 0 Å². The minimum absolute atomic E-state index is 0.722. The Balaban J connectivity index is 0.000000135. The molecule has 0 heteroatoms. The van der Waals surface area contributed by atoms with Gasteiger partial charge in [-0.25, -0.2) is 0 Å². The van der Waals surface area contributed by atoms with Crippen molar-refractivity contribution in [3.05, 3.63) is 0 Å². The zero-order chi connectivity index (χ0) is 13.3. The SMILES string of the molecule is C1CCCCC1.CC1(C)CCC1.CC1CCCC1. The summed E-state index contributed by atoms with van der Waals surface area (Å²) in [6, 6.07) is 0. The van der Waals surface area contributed by atoms with Crippen LogP contribution < -0.4 is 0 Å². The second kappa shape index (κ2) is 8.99. The van der Waals surface area contributed by atoms with Crippen LogP contribution in [0.25, 0.3) is 0 Å². The first-order chi connectivity index (χ1) is 8.60. The van der Waals surface area contributed by atoms with E-state index < -0.39 is 0 Å². The Hall–Kier alpha value is 0. The summed E-state index contributed by atoms with van der Waals surface area (Å²) in [7, 11) is 0. The molecule has 0 spiro atoms. The van der Waals surface area contributed by atoms with Gasteiger partial charge in [0.2, 0.25) is 0 Å². The quantitative estimate of drug-likeness (QED) is 0.448. The molecule has 0 aliphatic heterocycles. The highest BCUT2D eigenvalue weighted by molar-refractivity contribution is 4.77. The van der Waals surface area contributed by atoms with Crippen LogP contribution in [0.3, 0.4) is 0 Å². The molecule has 18 heavy (non-hydrogen) atoms. The van der Waals surface area contributed by atoms with Gasteiger partial charge >= 0.3 is 0 Å². The van der Waals surface area contributed by atoms with Crippen molar-refractivity contribution >= 4 is 0 Å². The van der Waals surface area contributed by atoms with Crippen LogP contribution in [0.1, 0.15) is 104 Å². The van der Waals surface area contributed by atoms with Crippen molar-refractivity contribution < 1.29 is 0 Å². The standard InChI is InChI=1S/3C6H12/c1-6(2)4-3-5-6;1-6-4-2-3-5-6;1-2-4-6-5-3-1/h3-5H2,1-2H3;6H,2-5H2,1H3;1-6H2. The van der Waals surface area contributed by atoms with Crippen LogP contribution in [-0.4, -0.2) is 0 Å². The highest BCUT2D eigenvalue weighted by Gasteiger charge is 2.25. The van der Waals surface area contributed by atoms with Gasteiger partial charge in [0.25, 0.3) is 0 Å². The van der Waals surface area contributed by atoms with Crippen molar-refractivity contribution in [1.82, 2.24) is 0 Å². The molecule has 0 saturated heterocycles. The van der Waals surface area contributed by atoms with Gasteiger partial charge in [0.05, 0.1) is 0 Å². The summed E-state index contributed by atoms with van der Waals surface area (Å²) >= 11 is 0. The number of rotatable bonds is 0. The fraction of sp³-hybridized carbons (Fsp3) is 1.00. The van der Waals surface area contributed by atoms with E-state index in [2.05, 4.69) is 20.8 Å². The molecule has 3 saturated carbocycles. The summed E-state index contributed by atoms with van der Waals surface area (Å²) in [5, 5.41) is 0. The van der Waals surface area contributed by atoms with E-state index in [0.717, 1.165) is 11.3 Å². The van der Waals surface area contributed by atoms with Gasteiger partial charge in [0.15, 0.2) is 0 Å². The second-order valence-electron chi connectivity index (χ2n) is 7.53. The zero-order valence-electron chi connectivity index (χ0n) is 13.3. The van der Waals surface area contributed by atoms with Gasteiger partial charge in [-0.15, -0.1) is 0 Å². The highest BCUT2D eigenvalue weighted by Crippen LogP contribution is 2.38.